The Morgan fingerprint density at radius 1 is 0.911 bits per heavy atom. The van der Waals surface area contributed by atoms with Gasteiger partial charge in [-0.2, -0.15) is 5.10 Å². The molecule has 0 bridgehead atoms. The van der Waals surface area contributed by atoms with Crippen LogP contribution in [0.15, 0.2) is 55.2 Å². The van der Waals surface area contributed by atoms with Crippen molar-refractivity contribution in [3.8, 4) is 0 Å². The third kappa shape index (κ3) is 6.43. The second kappa shape index (κ2) is 13.0. The molecule has 45 heavy (non-hydrogen) atoms. The van der Waals surface area contributed by atoms with Gasteiger partial charge in [-0.3, -0.25) is 28.9 Å². The second-order valence-corrected chi connectivity index (χ2v) is 12.4. The Hall–Kier alpha value is -4.29. The summed E-state index contributed by atoms with van der Waals surface area (Å²) in [6.07, 6.45) is 13.8. The maximum Gasteiger partial charge on any atom is 0.234 e. The molecule has 7 rings (SSSR count). The van der Waals surface area contributed by atoms with Gasteiger partial charge in [-0.15, -0.1) is 0 Å². The summed E-state index contributed by atoms with van der Waals surface area (Å²) in [5, 5.41) is 10.6. The Balaban J connectivity index is 0.840. The highest BCUT2D eigenvalue weighted by Crippen LogP contribution is 2.28. The molecule has 4 aromatic rings. The Morgan fingerprint density at radius 3 is 2.40 bits per heavy atom. The first-order valence-corrected chi connectivity index (χ1v) is 16.3. The molecule has 2 amide bonds. The number of piperidine rings is 2. The van der Waals surface area contributed by atoms with Crippen LogP contribution < -0.4 is 15.5 Å². The van der Waals surface area contributed by atoms with Crippen LogP contribution in [0.3, 0.4) is 0 Å². The molecule has 3 aliphatic heterocycles. The smallest absolute Gasteiger partial charge is 0.234 e. The number of hydrogen-bond acceptors (Lipinski definition) is 9. The van der Waals surface area contributed by atoms with E-state index < -0.39 is 0 Å². The van der Waals surface area contributed by atoms with E-state index in [1.54, 1.807) is 0 Å². The lowest BCUT2D eigenvalue weighted by molar-refractivity contribution is -0.134. The predicted molar refractivity (Wildman–Crippen MR) is 173 cm³/mol. The molecule has 1 unspecified atom stereocenters. The molecule has 3 aliphatic rings. The maximum absolute atomic E-state index is 12.2. The minimum atomic E-state index is -0.228. The number of benzene rings is 1. The molecule has 2 N–H and O–H groups in total. The van der Waals surface area contributed by atoms with Gasteiger partial charge in [0, 0.05) is 94.9 Å². The molecular weight excluding hydrogens is 568 g/mol. The maximum atomic E-state index is 12.2. The number of anilines is 3. The highest BCUT2D eigenvalue weighted by atomic mass is 16.2. The summed E-state index contributed by atoms with van der Waals surface area (Å²) < 4.78 is 4.19. The van der Waals surface area contributed by atoms with E-state index in [-0.39, 0.29) is 17.7 Å². The lowest BCUT2D eigenvalue weighted by Crippen LogP contribution is -2.49. The van der Waals surface area contributed by atoms with Gasteiger partial charge in [0.25, 0.3) is 0 Å². The third-order valence-electron chi connectivity index (χ3n) is 9.67. The molecule has 12 heteroatoms. The zero-order valence-electron chi connectivity index (χ0n) is 25.9. The normalized spacial score (nSPS) is 20.6. The van der Waals surface area contributed by atoms with Crippen LogP contribution in [0.5, 0.6) is 0 Å². The summed E-state index contributed by atoms with van der Waals surface area (Å²) in [4.78, 5) is 40.4. The van der Waals surface area contributed by atoms with Crippen LogP contribution in [0.4, 0.5) is 17.2 Å². The summed E-state index contributed by atoms with van der Waals surface area (Å²) in [5.41, 5.74) is 5.08. The highest BCUT2D eigenvalue weighted by Gasteiger charge is 2.28. The molecule has 3 aromatic heterocycles. The van der Waals surface area contributed by atoms with Gasteiger partial charge in [-0.05, 0) is 43.4 Å². The number of likely N-dealkylation sites (tertiary alicyclic amines) is 1. The van der Waals surface area contributed by atoms with E-state index in [0.717, 1.165) is 100 Å². The van der Waals surface area contributed by atoms with Crippen LogP contribution in [0, 0.1) is 0 Å². The standard InChI is InChI=1S/C33H42N10O2/c1-2-26-22-35-31(32-34-11-14-42(26)32)37-25-21-36-43(23-25)28-9-12-39(13-10-28)15-16-40-17-19-41(20-18-40)27-5-3-24(4-6-27)29-7-8-30(44)38-33(29)45/h3-6,11,14,21-23,28-29H,2,7-10,12-13,15-20H2,1H3,(H,35,37)(H,38,44,45). The van der Waals surface area contributed by atoms with E-state index in [4.69, 9.17) is 0 Å². The van der Waals surface area contributed by atoms with Crippen molar-refractivity contribution in [1.82, 2.24) is 39.3 Å². The van der Waals surface area contributed by atoms with Crippen molar-refractivity contribution in [3.05, 3.63) is 66.5 Å². The fraction of sp³-hybridized carbons (Fsp3) is 0.485. The largest absolute Gasteiger partial charge is 0.369 e. The van der Waals surface area contributed by atoms with Crippen molar-refractivity contribution in [2.24, 2.45) is 0 Å². The van der Waals surface area contributed by atoms with Crippen molar-refractivity contribution in [3.63, 3.8) is 0 Å². The first kappa shape index (κ1) is 29.4. The first-order valence-electron chi connectivity index (χ1n) is 16.3. The SMILES string of the molecule is CCc1cnc(Nc2cnn(C3CCN(CCN4CCN(c5ccc(C6CCC(=O)NC6=O)cc5)CC4)CC3)c2)c2nccn12. The van der Waals surface area contributed by atoms with Crippen LogP contribution in [-0.4, -0.2) is 98.1 Å². The molecule has 3 fully saturated rings. The van der Waals surface area contributed by atoms with Crippen molar-refractivity contribution < 1.29 is 9.59 Å². The van der Waals surface area contributed by atoms with Gasteiger partial charge >= 0.3 is 0 Å². The lowest BCUT2D eigenvalue weighted by atomic mass is 9.90. The van der Waals surface area contributed by atoms with Gasteiger partial charge in [-0.25, -0.2) is 9.97 Å². The highest BCUT2D eigenvalue weighted by molar-refractivity contribution is 6.00. The molecule has 0 spiro atoms. The summed E-state index contributed by atoms with van der Waals surface area (Å²) in [6.45, 7) is 10.6. The van der Waals surface area contributed by atoms with E-state index >= 15 is 0 Å². The summed E-state index contributed by atoms with van der Waals surface area (Å²) in [7, 11) is 0. The van der Waals surface area contributed by atoms with E-state index in [1.165, 1.54) is 5.69 Å². The molecule has 3 saturated heterocycles. The molecule has 12 nitrogen and oxygen atoms in total. The Bertz CT molecular complexity index is 1630. The number of amides is 2. The minimum Gasteiger partial charge on any atom is -0.369 e. The number of aromatic nitrogens is 5. The quantitative estimate of drug-likeness (QED) is 0.276. The number of carbonyl (C=O) groups is 2. The third-order valence-corrected chi connectivity index (χ3v) is 9.67. The molecule has 0 radical (unpaired) electrons. The number of aryl methyl sites for hydroxylation is 1. The number of fused-ring (bicyclic) bond motifs is 1. The zero-order valence-corrected chi connectivity index (χ0v) is 25.9. The number of nitrogens with one attached hydrogen (secondary N) is 2. The van der Waals surface area contributed by atoms with E-state index in [1.807, 2.05) is 36.9 Å². The molecule has 1 aromatic carbocycles. The Kier molecular flexibility index (Phi) is 8.49. The molecular formula is C33H42N10O2. The lowest BCUT2D eigenvalue weighted by Gasteiger charge is -2.38. The van der Waals surface area contributed by atoms with Gasteiger partial charge < -0.3 is 15.1 Å². The van der Waals surface area contributed by atoms with Crippen LogP contribution in [0.2, 0.25) is 0 Å². The number of imide groups is 1. The molecule has 236 valence electrons. The average molecular weight is 611 g/mol. The van der Waals surface area contributed by atoms with Crippen LogP contribution in [0.1, 0.15) is 55.8 Å². The van der Waals surface area contributed by atoms with Crippen LogP contribution in [-0.2, 0) is 16.0 Å². The van der Waals surface area contributed by atoms with E-state index in [9.17, 15) is 9.59 Å². The number of nitrogens with zero attached hydrogens (tertiary/aromatic N) is 8. The second-order valence-electron chi connectivity index (χ2n) is 12.4. The van der Waals surface area contributed by atoms with Gasteiger partial charge in [0.2, 0.25) is 11.8 Å². The summed E-state index contributed by atoms with van der Waals surface area (Å²) in [6, 6.07) is 8.75. The van der Waals surface area contributed by atoms with Crippen molar-refractivity contribution in [1.29, 1.82) is 0 Å². The van der Waals surface area contributed by atoms with Crippen molar-refractivity contribution in [2.45, 2.75) is 51.0 Å². The number of hydrogen-bond donors (Lipinski definition) is 2. The van der Waals surface area contributed by atoms with Crippen molar-refractivity contribution >= 4 is 34.7 Å². The van der Waals surface area contributed by atoms with Crippen LogP contribution >= 0.6 is 0 Å². The fourth-order valence-corrected chi connectivity index (χ4v) is 6.91. The summed E-state index contributed by atoms with van der Waals surface area (Å²) >= 11 is 0. The van der Waals surface area contributed by atoms with Crippen molar-refractivity contribution in [2.75, 3.05) is 62.6 Å². The van der Waals surface area contributed by atoms with Gasteiger partial charge in [0.15, 0.2) is 11.5 Å². The van der Waals surface area contributed by atoms with Crippen LogP contribution in [0.25, 0.3) is 5.65 Å². The first-order chi connectivity index (χ1) is 22.0. The number of imidazole rings is 1. The topological polar surface area (TPSA) is 116 Å². The molecule has 0 saturated carbocycles. The molecule has 1 atom stereocenters. The summed E-state index contributed by atoms with van der Waals surface area (Å²) in [5.74, 6) is 0.170. The minimum absolute atomic E-state index is 0.170. The number of piperazine rings is 1. The molecule has 0 aliphatic carbocycles. The van der Waals surface area contributed by atoms with Gasteiger partial charge in [0.05, 0.1) is 23.8 Å². The predicted octanol–water partition coefficient (Wildman–Crippen LogP) is 3.21. The van der Waals surface area contributed by atoms with E-state index in [2.05, 4.69) is 74.7 Å². The van der Waals surface area contributed by atoms with Gasteiger partial charge in [-0.1, -0.05) is 19.1 Å². The van der Waals surface area contributed by atoms with E-state index in [0.29, 0.717) is 18.9 Å². The fourth-order valence-electron chi connectivity index (χ4n) is 6.91. The number of carbonyl (C=O) groups excluding carboxylic acids is 2. The average Bonchev–Trinajstić information content (AvgIpc) is 3.76. The monoisotopic (exact) mass is 610 g/mol. The Morgan fingerprint density at radius 2 is 1.67 bits per heavy atom. The molecule has 6 heterocycles. The number of rotatable bonds is 9. The van der Waals surface area contributed by atoms with Gasteiger partial charge in [0.1, 0.15) is 0 Å². The zero-order chi connectivity index (χ0) is 30.8. The Labute approximate surface area is 263 Å².